The fourth-order valence-corrected chi connectivity index (χ4v) is 3.11. The minimum atomic E-state index is -0.184. The minimum Gasteiger partial charge on any atom is -0.482 e. The van der Waals surface area contributed by atoms with Crippen LogP contribution in [0.25, 0.3) is 0 Å². The van der Waals surface area contributed by atoms with Gasteiger partial charge in [-0.05, 0) is 25.0 Å². The molecule has 0 saturated carbocycles. The number of amides is 1. The summed E-state index contributed by atoms with van der Waals surface area (Å²) in [4.78, 5) is 14.1. The fraction of sp³-hybridized carbons (Fsp3) is 0.375. The zero-order valence-electron chi connectivity index (χ0n) is 12.9. The molecule has 128 valence electrons. The molecule has 1 amide bonds. The van der Waals surface area contributed by atoms with E-state index in [1.165, 1.54) is 0 Å². The van der Waals surface area contributed by atoms with Gasteiger partial charge >= 0.3 is 0 Å². The first-order valence-corrected chi connectivity index (χ1v) is 8.37. The SMILES string of the molecule is NC1CCCN(C(=O)c2cc(COc3c(Cl)cccc3Cl)on2)C1. The second-order valence-corrected chi connectivity index (χ2v) is 6.49. The van der Waals surface area contributed by atoms with Gasteiger partial charge < -0.3 is 19.9 Å². The normalized spacial score (nSPS) is 17.8. The summed E-state index contributed by atoms with van der Waals surface area (Å²) in [7, 11) is 0. The van der Waals surface area contributed by atoms with E-state index in [0.717, 1.165) is 12.8 Å². The highest BCUT2D eigenvalue weighted by molar-refractivity contribution is 6.37. The Hall–Kier alpha value is -1.76. The summed E-state index contributed by atoms with van der Waals surface area (Å²) in [6.07, 6.45) is 1.83. The van der Waals surface area contributed by atoms with Gasteiger partial charge in [-0.1, -0.05) is 34.4 Å². The van der Waals surface area contributed by atoms with E-state index in [9.17, 15) is 4.79 Å². The second-order valence-electron chi connectivity index (χ2n) is 5.67. The number of likely N-dealkylation sites (tertiary alicyclic amines) is 1. The van der Waals surface area contributed by atoms with Crippen LogP contribution in [0, 0.1) is 0 Å². The van der Waals surface area contributed by atoms with Crippen LogP contribution in [0.3, 0.4) is 0 Å². The van der Waals surface area contributed by atoms with Crippen molar-refractivity contribution in [2.24, 2.45) is 5.73 Å². The number of carbonyl (C=O) groups is 1. The number of hydrogen-bond donors (Lipinski definition) is 1. The number of carbonyl (C=O) groups excluding carboxylic acids is 1. The third-order valence-corrected chi connectivity index (χ3v) is 4.40. The van der Waals surface area contributed by atoms with Crippen molar-refractivity contribution in [3.05, 3.63) is 45.8 Å². The zero-order chi connectivity index (χ0) is 17.1. The average molecular weight is 370 g/mol. The third-order valence-electron chi connectivity index (χ3n) is 3.80. The van der Waals surface area contributed by atoms with Gasteiger partial charge in [0.05, 0.1) is 10.0 Å². The Kier molecular flexibility index (Phi) is 5.28. The number of aromatic nitrogens is 1. The molecule has 2 heterocycles. The van der Waals surface area contributed by atoms with E-state index in [1.54, 1.807) is 29.2 Å². The highest BCUT2D eigenvalue weighted by Crippen LogP contribution is 2.32. The van der Waals surface area contributed by atoms with E-state index >= 15 is 0 Å². The number of ether oxygens (including phenoxy) is 1. The van der Waals surface area contributed by atoms with Gasteiger partial charge in [0.15, 0.2) is 17.2 Å². The minimum absolute atomic E-state index is 0.0137. The third kappa shape index (κ3) is 3.83. The Balaban J connectivity index is 1.64. The maximum Gasteiger partial charge on any atom is 0.276 e. The van der Waals surface area contributed by atoms with Crippen molar-refractivity contribution < 1.29 is 14.1 Å². The molecule has 1 aliphatic heterocycles. The van der Waals surface area contributed by atoms with Crippen LogP contribution >= 0.6 is 23.2 Å². The summed E-state index contributed by atoms with van der Waals surface area (Å²) < 4.78 is 10.7. The molecule has 2 aromatic rings. The van der Waals surface area contributed by atoms with E-state index in [2.05, 4.69) is 5.16 Å². The highest BCUT2D eigenvalue weighted by Gasteiger charge is 2.25. The molecule has 1 aromatic heterocycles. The maximum atomic E-state index is 12.4. The molecule has 1 fully saturated rings. The first-order chi connectivity index (χ1) is 11.5. The summed E-state index contributed by atoms with van der Waals surface area (Å²) >= 11 is 12.1. The van der Waals surface area contributed by atoms with Crippen molar-refractivity contribution in [1.29, 1.82) is 0 Å². The number of benzene rings is 1. The molecule has 6 nitrogen and oxygen atoms in total. The first-order valence-electron chi connectivity index (χ1n) is 7.62. The summed E-state index contributed by atoms with van der Waals surface area (Å²) in [5, 5.41) is 4.63. The Morgan fingerprint density at radius 1 is 1.42 bits per heavy atom. The van der Waals surface area contributed by atoms with E-state index in [0.29, 0.717) is 34.6 Å². The van der Waals surface area contributed by atoms with E-state index in [4.69, 9.17) is 38.2 Å². The molecule has 1 saturated heterocycles. The van der Waals surface area contributed by atoms with Crippen molar-refractivity contribution in [3.8, 4) is 5.75 Å². The molecule has 1 atom stereocenters. The number of piperidine rings is 1. The zero-order valence-corrected chi connectivity index (χ0v) is 14.4. The van der Waals surface area contributed by atoms with Crippen LogP contribution in [0.5, 0.6) is 5.75 Å². The quantitative estimate of drug-likeness (QED) is 0.894. The number of rotatable bonds is 4. The van der Waals surface area contributed by atoms with Crippen LogP contribution in [0.15, 0.2) is 28.8 Å². The van der Waals surface area contributed by atoms with Gasteiger partial charge in [-0.3, -0.25) is 4.79 Å². The molecule has 0 bridgehead atoms. The molecular weight excluding hydrogens is 353 g/mol. The van der Waals surface area contributed by atoms with Crippen molar-refractivity contribution in [2.45, 2.75) is 25.5 Å². The predicted molar refractivity (Wildman–Crippen MR) is 90.4 cm³/mol. The summed E-state index contributed by atoms with van der Waals surface area (Å²) in [5.74, 6) is 0.596. The second kappa shape index (κ2) is 7.42. The molecule has 24 heavy (non-hydrogen) atoms. The van der Waals surface area contributed by atoms with E-state index < -0.39 is 0 Å². The van der Waals surface area contributed by atoms with Gasteiger partial charge in [-0.25, -0.2) is 0 Å². The largest absolute Gasteiger partial charge is 0.482 e. The topological polar surface area (TPSA) is 81.6 Å². The molecular formula is C16H17Cl2N3O3. The maximum absolute atomic E-state index is 12.4. The fourth-order valence-electron chi connectivity index (χ4n) is 2.60. The smallest absolute Gasteiger partial charge is 0.276 e. The Morgan fingerprint density at radius 3 is 2.88 bits per heavy atom. The molecule has 8 heteroatoms. The molecule has 0 spiro atoms. The molecule has 1 aromatic carbocycles. The van der Waals surface area contributed by atoms with E-state index in [-0.39, 0.29) is 24.2 Å². The van der Waals surface area contributed by atoms with Crippen LogP contribution in [-0.4, -0.2) is 35.1 Å². The summed E-state index contributed by atoms with van der Waals surface area (Å²) in [5.41, 5.74) is 6.15. The summed E-state index contributed by atoms with van der Waals surface area (Å²) in [6.45, 7) is 1.29. The van der Waals surface area contributed by atoms with Gasteiger partial charge in [0, 0.05) is 25.2 Å². The van der Waals surface area contributed by atoms with Crippen molar-refractivity contribution in [2.75, 3.05) is 13.1 Å². The highest BCUT2D eigenvalue weighted by atomic mass is 35.5. The van der Waals surface area contributed by atoms with Crippen LogP contribution in [0.4, 0.5) is 0 Å². The predicted octanol–water partition coefficient (Wildman–Crippen LogP) is 3.12. The average Bonchev–Trinajstić information content (AvgIpc) is 3.02. The van der Waals surface area contributed by atoms with Gasteiger partial charge in [0.2, 0.25) is 0 Å². The monoisotopic (exact) mass is 369 g/mol. The molecule has 3 rings (SSSR count). The number of halogens is 2. The molecule has 0 radical (unpaired) electrons. The molecule has 1 aliphatic rings. The first kappa shape index (κ1) is 17.1. The molecule has 1 unspecified atom stereocenters. The van der Waals surface area contributed by atoms with Gasteiger partial charge in [0.25, 0.3) is 5.91 Å². The standard InChI is InChI=1S/C16H17Cl2N3O3/c17-12-4-1-5-13(18)15(12)23-9-11-7-14(20-24-11)16(22)21-6-2-3-10(19)8-21/h1,4-5,7,10H,2-3,6,8-9,19H2. The lowest BCUT2D eigenvalue weighted by Gasteiger charge is -2.29. The van der Waals surface area contributed by atoms with Gasteiger partial charge in [-0.2, -0.15) is 0 Å². The lowest BCUT2D eigenvalue weighted by Crippen LogP contribution is -2.45. The number of nitrogens with zero attached hydrogens (tertiary/aromatic N) is 2. The van der Waals surface area contributed by atoms with Crippen LogP contribution < -0.4 is 10.5 Å². The van der Waals surface area contributed by atoms with E-state index in [1.807, 2.05) is 0 Å². The molecule has 2 N–H and O–H groups in total. The Labute approximate surface area is 149 Å². The van der Waals surface area contributed by atoms with Gasteiger partial charge in [-0.15, -0.1) is 0 Å². The van der Waals surface area contributed by atoms with Crippen molar-refractivity contribution in [3.63, 3.8) is 0 Å². The summed E-state index contributed by atoms with van der Waals surface area (Å²) in [6, 6.07) is 6.66. The number of nitrogens with two attached hydrogens (primary N) is 1. The number of hydrogen-bond acceptors (Lipinski definition) is 5. The van der Waals surface area contributed by atoms with Crippen LogP contribution in [0.1, 0.15) is 29.1 Å². The molecule has 0 aliphatic carbocycles. The Bertz CT molecular complexity index is 715. The lowest BCUT2D eigenvalue weighted by atomic mass is 10.1. The van der Waals surface area contributed by atoms with Crippen molar-refractivity contribution >= 4 is 29.1 Å². The Morgan fingerprint density at radius 2 is 2.17 bits per heavy atom. The van der Waals surface area contributed by atoms with Crippen LogP contribution in [0.2, 0.25) is 10.0 Å². The van der Waals surface area contributed by atoms with Crippen LogP contribution in [-0.2, 0) is 6.61 Å². The van der Waals surface area contributed by atoms with Crippen molar-refractivity contribution in [1.82, 2.24) is 10.1 Å². The lowest BCUT2D eigenvalue weighted by molar-refractivity contribution is 0.0698. The van der Waals surface area contributed by atoms with Gasteiger partial charge in [0.1, 0.15) is 6.61 Å². The number of para-hydroxylation sites is 1.